The molecule has 1 aromatic carbocycles. The van der Waals surface area contributed by atoms with Crippen LogP contribution >= 0.6 is 0 Å². The second-order valence-corrected chi connectivity index (χ2v) is 6.42. The van der Waals surface area contributed by atoms with Crippen molar-refractivity contribution in [2.24, 2.45) is 5.41 Å². The van der Waals surface area contributed by atoms with Crippen molar-refractivity contribution in [1.82, 2.24) is 10.3 Å². The molecule has 4 heteroatoms. The quantitative estimate of drug-likeness (QED) is 0.888. The van der Waals surface area contributed by atoms with Crippen LogP contribution in [0.1, 0.15) is 12.8 Å². The SMILES string of the molecule is CNc1ccc2ccnc(N3CCC4(CCNC4)C3)c2c1. The van der Waals surface area contributed by atoms with Crippen molar-refractivity contribution in [3.05, 3.63) is 30.5 Å². The molecule has 0 bridgehead atoms. The maximum absolute atomic E-state index is 4.70. The number of anilines is 2. The molecule has 1 atom stereocenters. The lowest BCUT2D eigenvalue weighted by Crippen LogP contribution is -2.29. The molecule has 2 saturated heterocycles. The fourth-order valence-corrected chi connectivity index (χ4v) is 3.82. The van der Waals surface area contributed by atoms with Crippen LogP contribution in [-0.2, 0) is 0 Å². The van der Waals surface area contributed by atoms with Crippen LogP contribution in [-0.4, -0.2) is 38.2 Å². The summed E-state index contributed by atoms with van der Waals surface area (Å²) in [5, 5.41) is 9.28. The van der Waals surface area contributed by atoms with Gasteiger partial charge >= 0.3 is 0 Å². The van der Waals surface area contributed by atoms with E-state index in [4.69, 9.17) is 4.98 Å². The highest BCUT2D eigenvalue weighted by Gasteiger charge is 2.40. The highest BCUT2D eigenvalue weighted by molar-refractivity contribution is 5.94. The molecule has 0 radical (unpaired) electrons. The number of hydrogen-bond acceptors (Lipinski definition) is 4. The Morgan fingerprint density at radius 3 is 3.05 bits per heavy atom. The molecule has 2 N–H and O–H groups in total. The Hall–Kier alpha value is -1.81. The minimum Gasteiger partial charge on any atom is -0.388 e. The molecule has 0 amide bonds. The summed E-state index contributed by atoms with van der Waals surface area (Å²) >= 11 is 0. The van der Waals surface area contributed by atoms with Crippen LogP contribution in [0.15, 0.2) is 30.5 Å². The van der Waals surface area contributed by atoms with Gasteiger partial charge in [-0.15, -0.1) is 0 Å². The smallest absolute Gasteiger partial charge is 0.136 e. The summed E-state index contributed by atoms with van der Waals surface area (Å²) in [7, 11) is 1.96. The molecule has 0 aliphatic carbocycles. The van der Waals surface area contributed by atoms with Gasteiger partial charge in [0.2, 0.25) is 0 Å². The zero-order chi connectivity index (χ0) is 14.3. The van der Waals surface area contributed by atoms with Crippen molar-refractivity contribution in [3.8, 4) is 0 Å². The molecule has 3 heterocycles. The third kappa shape index (κ3) is 2.14. The molecule has 21 heavy (non-hydrogen) atoms. The van der Waals surface area contributed by atoms with Gasteiger partial charge in [-0.05, 0) is 43.0 Å². The van der Waals surface area contributed by atoms with Gasteiger partial charge in [-0.1, -0.05) is 6.07 Å². The predicted molar refractivity (Wildman–Crippen MR) is 88.0 cm³/mol. The third-order valence-corrected chi connectivity index (χ3v) is 5.10. The van der Waals surface area contributed by atoms with Crippen LogP contribution in [0.2, 0.25) is 0 Å². The second-order valence-electron chi connectivity index (χ2n) is 6.42. The predicted octanol–water partition coefficient (Wildman–Crippen LogP) is 2.47. The molecule has 2 aliphatic heterocycles. The Morgan fingerprint density at radius 2 is 2.24 bits per heavy atom. The monoisotopic (exact) mass is 282 g/mol. The molecule has 4 nitrogen and oxygen atoms in total. The summed E-state index contributed by atoms with van der Waals surface area (Å²) in [5.74, 6) is 1.15. The van der Waals surface area contributed by atoms with Gasteiger partial charge < -0.3 is 15.5 Å². The second kappa shape index (κ2) is 4.88. The molecule has 2 aliphatic rings. The van der Waals surface area contributed by atoms with Gasteiger partial charge in [0, 0.05) is 49.4 Å². The Balaban J connectivity index is 1.73. The largest absolute Gasteiger partial charge is 0.388 e. The van der Waals surface area contributed by atoms with Crippen molar-refractivity contribution in [1.29, 1.82) is 0 Å². The van der Waals surface area contributed by atoms with Gasteiger partial charge in [-0.3, -0.25) is 0 Å². The van der Waals surface area contributed by atoms with E-state index in [-0.39, 0.29) is 0 Å². The molecule has 0 saturated carbocycles. The minimum absolute atomic E-state index is 0.477. The van der Waals surface area contributed by atoms with Crippen LogP contribution < -0.4 is 15.5 Å². The third-order valence-electron chi connectivity index (χ3n) is 5.10. The molecular formula is C17H22N4. The van der Waals surface area contributed by atoms with Crippen molar-refractivity contribution >= 4 is 22.3 Å². The molecule has 2 fully saturated rings. The van der Waals surface area contributed by atoms with Crippen molar-refractivity contribution in [3.63, 3.8) is 0 Å². The molecule has 1 spiro atoms. The van der Waals surface area contributed by atoms with E-state index in [1.807, 2.05) is 13.2 Å². The number of nitrogens with one attached hydrogen (secondary N) is 2. The lowest BCUT2D eigenvalue weighted by atomic mass is 9.86. The number of nitrogens with zero attached hydrogens (tertiary/aromatic N) is 2. The topological polar surface area (TPSA) is 40.2 Å². The molecule has 110 valence electrons. The lowest BCUT2D eigenvalue weighted by molar-refractivity contribution is 0.369. The Bertz CT molecular complexity index is 661. The van der Waals surface area contributed by atoms with Crippen LogP contribution in [0.4, 0.5) is 11.5 Å². The standard InChI is InChI=1S/C17H22N4/c1-18-14-3-2-13-4-7-20-16(15(13)10-14)21-9-6-17(12-21)5-8-19-11-17/h2-4,7,10,18-19H,5-6,8-9,11-12H2,1H3. The van der Waals surface area contributed by atoms with Crippen molar-refractivity contribution < 1.29 is 0 Å². The van der Waals surface area contributed by atoms with Gasteiger partial charge in [-0.25, -0.2) is 4.98 Å². The number of pyridine rings is 1. The van der Waals surface area contributed by atoms with Crippen LogP contribution in [0.5, 0.6) is 0 Å². The Labute approximate surface area is 125 Å². The van der Waals surface area contributed by atoms with E-state index in [0.29, 0.717) is 5.41 Å². The van der Waals surface area contributed by atoms with Gasteiger partial charge in [-0.2, -0.15) is 0 Å². The first-order valence-corrected chi connectivity index (χ1v) is 7.82. The van der Waals surface area contributed by atoms with E-state index >= 15 is 0 Å². The van der Waals surface area contributed by atoms with E-state index in [9.17, 15) is 0 Å². The van der Waals surface area contributed by atoms with Crippen LogP contribution in [0.25, 0.3) is 10.8 Å². The fraction of sp³-hybridized carbons (Fsp3) is 0.471. The average Bonchev–Trinajstić information content (AvgIpc) is 3.16. The van der Waals surface area contributed by atoms with E-state index in [0.717, 1.165) is 31.1 Å². The Kier molecular flexibility index (Phi) is 3.00. The lowest BCUT2D eigenvalue weighted by Gasteiger charge is -2.24. The van der Waals surface area contributed by atoms with Gasteiger partial charge in [0.15, 0.2) is 0 Å². The fourth-order valence-electron chi connectivity index (χ4n) is 3.82. The normalized spacial score (nSPS) is 25.1. The summed E-state index contributed by atoms with van der Waals surface area (Å²) in [6.45, 7) is 4.59. The number of hydrogen-bond donors (Lipinski definition) is 2. The van der Waals surface area contributed by atoms with Crippen molar-refractivity contribution in [2.45, 2.75) is 12.8 Å². The number of rotatable bonds is 2. The molecule has 1 aromatic heterocycles. The van der Waals surface area contributed by atoms with E-state index < -0.39 is 0 Å². The summed E-state index contributed by atoms with van der Waals surface area (Å²) in [6.07, 6.45) is 4.52. The van der Waals surface area contributed by atoms with Gasteiger partial charge in [0.25, 0.3) is 0 Å². The zero-order valence-electron chi connectivity index (χ0n) is 12.5. The zero-order valence-corrected chi connectivity index (χ0v) is 12.5. The highest BCUT2D eigenvalue weighted by Crippen LogP contribution is 2.39. The maximum Gasteiger partial charge on any atom is 0.136 e. The first-order valence-electron chi connectivity index (χ1n) is 7.82. The molecule has 2 aromatic rings. The summed E-state index contributed by atoms with van der Waals surface area (Å²) < 4.78 is 0. The number of aromatic nitrogens is 1. The van der Waals surface area contributed by atoms with E-state index in [2.05, 4.69) is 39.8 Å². The number of fused-ring (bicyclic) bond motifs is 1. The van der Waals surface area contributed by atoms with Gasteiger partial charge in [0.1, 0.15) is 5.82 Å². The van der Waals surface area contributed by atoms with Crippen molar-refractivity contribution in [2.75, 3.05) is 43.4 Å². The van der Waals surface area contributed by atoms with Crippen LogP contribution in [0.3, 0.4) is 0 Å². The maximum atomic E-state index is 4.70. The molecular weight excluding hydrogens is 260 g/mol. The summed E-state index contributed by atoms with van der Waals surface area (Å²) in [5.41, 5.74) is 1.62. The molecule has 4 rings (SSSR count). The first-order chi connectivity index (χ1) is 10.3. The summed E-state index contributed by atoms with van der Waals surface area (Å²) in [4.78, 5) is 7.18. The first kappa shape index (κ1) is 12.9. The summed E-state index contributed by atoms with van der Waals surface area (Å²) in [6, 6.07) is 8.62. The number of benzene rings is 1. The highest BCUT2D eigenvalue weighted by atomic mass is 15.2. The van der Waals surface area contributed by atoms with Gasteiger partial charge in [0.05, 0.1) is 0 Å². The Morgan fingerprint density at radius 1 is 1.29 bits per heavy atom. The van der Waals surface area contributed by atoms with E-state index in [1.54, 1.807) is 0 Å². The minimum atomic E-state index is 0.477. The average molecular weight is 282 g/mol. The molecule has 1 unspecified atom stereocenters. The van der Waals surface area contributed by atoms with Crippen LogP contribution in [0, 0.1) is 5.41 Å². The van der Waals surface area contributed by atoms with E-state index in [1.165, 1.54) is 30.2 Å².